The lowest BCUT2D eigenvalue weighted by Gasteiger charge is -2.10. The van der Waals surface area contributed by atoms with Gasteiger partial charge < -0.3 is 19.7 Å². The monoisotopic (exact) mass is 318 g/mol. The minimum absolute atomic E-state index is 0.0302. The number of hydrogen-bond acceptors (Lipinski definition) is 4. The highest BCUT2D eigenvalue weighted by atomic mass is 16.5. The molecule has 1 heterocycles. The molecule has 0 radical (unpaired) electrons. The number of hydrogen-bond donors (Lipinski definition) is 2. The molecule has 0 unspecified atom stereocenters. The fraction of sp³-hybridized carbons (Fsp3) is 0.412. The Balaban J connectivity index is 2.11. The van der Waals surface area contributed by atoms with E-state index in [1.165, 1.54) is 0 Å². The summed E-state index contributed by atoms with van der Waals surface area (Å²) in [6.07, 6.45) is 3.14. The van der Waals surface area contributed by atoms with Crippen LogP contribution in [-0.4, -0.2) is 47.6 Å². The minimum Gasteiger partial charge on any atom is -0.481 e. The molecule has 0 bridgehead atoms. The summed E-state index contributed by atoms with van der Waals surface area (Å²) in [5, 5.41) is 9.53. The molecule has 124 valence electrons. The maximum Gasteiger partial charge on any atom is 0.311 e. The number of nitrogens with zero attached hydrogens (tertiary/aromatic N) is 1. The maximum absolute atomic E-state index is 11.9. The van der Waals surface area contributed by atoms with Crippen LogP contribution in [0.2, 0.25) is 0 Å². The number of likely N-dealkylation sites (N-methyl/N-ethyl adjacent to an activating group) is 1. The van der Waals surface area contributed by atoms with Crippen molar-refractivity contribution >= 4 is 22.8 Å². The van der Waals surface area contributed by atoms with Gasteiger partial charge in [-0.3, -0.25) is 9.59 Å². The number of carbonyl (C=O) groups is 2. The highest BCUT2D eigenvalue weighted by molar-refractivity contribution is 5.91. The Bertz CT molecular complexity index is 691. The van der Waals surface area contributed by atoms with Crippen molar-refractivity contribution in [3.8, 4) is 5.75 Å². The molecule has 0 saturated heterocycles. The molecule has 2 rings (SSSR count). The van der Waals surface area contributed by atoms with Crippen molar-refractivity contribution in [1.29, 1.82) is 0 Å². The van der Waals surface area contributed by atoms with E-state index in [4.69, 9.17) is 9.84 Å². The summed E-state index contributed by atoms with van der Waals surface area (Å²) in [6.45, 7) is 0.897. The highest BCUT2D eigenvalue weighted by Gasteiger charge is 2.13. The number of carboxylic acids is 1. The fourth-order valence-electron chi connectivity index (χ4n) is 2.40. The van der Waals surface area contributed by atoms with Gasteiger partial charge in [0.25, 0.3) is 0 Å². The largest absolute Gasteiger partial charge is 0.481 e. The van der Waals surface area contributed by atoms with E-state index in [1.807, 2.05) is 32.4 Å². The van der Waals surface area contributed by atoms with Crippen molar-refractivity contribution in [3.63, 3.8) is 0 Å². The van der Waals surface area contributed by atoms with Crippen LogP contribution in [0.4, 0.5) is 0 Å². The number of rotatable bonds is 8. The van der Waals surface area contributed by atoms with Gasteiger partial charge in [0.15, 0.2) is 0 Å². The Labute approximate surface area is 135 Å². The lowest BCUT2D eigenvalue weighted by Crippen LogP contribution is -2.15. The molecule has 1 aromatic heterocycles. The van der Waals surface area contributed by atoms with E-state index in [-0.39, 0.29) is 19.3 Å². The average molecular weight is 318 g/mol. The molecule has 0 saturated carbocycles. The SMILES string of the molecule is CN(C)CCc1c[nH]c2cccc(OC(=O)CCCC(=O)O)c12. The predicted molar refractivity (Wildman–Crippen MR) is 87.7 cm³/mol. The topological polar surface area (TPSA) is 82.6 Å². The number of aliphatic carboxylic acids is 1. The van der Waals surface area contributed by atoms with Crippen LogP contribution in [-0.2, 0) is 16.0 Å². The zero-order chi connectivity index (χ0) is 16.8. The standard InChI is InChI=1S/C17H22N2O4/c1-19(2)10-9-12-11-18-13-5-3-6-14(17(12)13)23-16(22)8-4-7-15(20)21/h3,5-6,11,18H,4,7-10H2,1-2H3,(H,20,21). The van der Waals surface area contributed by atoms with Crippen molar-refractivity contribution in [2.45, 2.75) is 25.7 Å². The maximum atomic E-state index is 11.9. The molecule has 23 heavy (non-hydrogen) atoms. The first-order chi connectivity index (χ1) is 11.0. The third kappa shape index (κ3) is 4.82. The Kier molecular flexibility index (Phi) is 5.76. The molecule has 6 nitrogen and oxygen atoms in total. The number of nitrogens with one attached hydrogen (secondary N) is 1. The van der Waals surface area contributed by atoms with Crippen molar-refractivity contribution < 1.29 is 19.4 Å². The number of esters is 1. The van der Waals surface area contributed by atoms with Gasteiger partial charge in [-0.05, 0) is 44.6 Å². The molecule has 0 aliphatic heterocycles. The summed E-state index contributed by atoms with van der Waals surface area (Å²) in [5.74, 6) is -0.784. The summed E-state index contributed by atoms with van der Waals surface area (Å²) < 4.78 is 5.45. The first kappa shape index (κ1) is 17.0. The van der Waals surface area contributed by atoms with Crippen LogP contribution >= 0.6 is 0 Å². The van der Waals surface area contributed by atoms with E-state index in [2.05, 4.69) is 9.88 Å². The summed E-state index contributed by atoms with van der Waals surface area (Å²) in [4.78, 5) is 27.7. The van der Waals surface area contributed by atoms with Gasteiger partial charge in [-0.1, -0.05) is 6.07 Å². The number of ether oxygens (including phenoxy) is 1. The summed E-state index contributed by atoms with van der Waals surface area (Å²) in [5.41, 5.74) is 2.03. The molecule has 6 heteroatoms. The Morgan fingerprint density at radius 3 is 2.74 bits per heavy atom. The van der Waals surface area contributed by atoms with Gasteiger partial charge in [-0.15, -0.1) is 0 Å². The smallest absolute Gasteiger partial charge is 0.311 e. The Morgan fingerprint density at radius 1 is 1.26 bits per heavy atom. The van der Waals surface area contributed by atoms with Gasteiger partial charge in [-0.25, -0.2) is 0 Å². The molecule has 0 spiro atoms. The van der Waals surface area contributed by atoms with Crippen LogP contribution in [0.1, 0.15) is 24.8 Å². The van der Waals surface area contributed by atoms with Gasteiger partial charge >= 0.3 is 11.9 Å². The quantitative estimate of drug-likeness (QED) is 0.577. The van der Waals surface area contributed by atoms with E-state index in [0.29, 0.717) is 5.75 Å². The van der Waals surface area contributed by atoms with E-state index in [0.717, 1.165) is 29.4 Å². The van der Waals surface area contributed by atoms with E-state index in [1.54, 1.807) is 6.07 Å². The molecule has 1 aromatic carbocycles. The van der Waals surface area contributed by atoms with Crippen molar-refractivity contribution in [2.24, 2.45) is 0 Å². The van der Waals surface area contributed by atoms with Crippen molar-refractivity contribution in [1.82, 2.24) is 9.88 Å². The summed E-state index contributed by atoms with van der Waals surface area (Å²) >= 11 is 0. The van der Waals surface area contributed by atoms with E-state index in [9.17, 15) is 9.59 Å². The lowest BCUT2D eigenvalue weighted by molar-refractivity contribution is -0.137. The highest BCUT2D eigenvalue weighted by Crippen LogP contribution is 2.29. The molecule has 2 aromatic rings. The molecular formula is C17H22N2O4. The second-order valence-electron chi connectivity index (χ2n) is 5.77. The zero-order valence-electron chi connectivity index (χ0n) is 13.5. The average Bonchev–Trinajstić information content (AvgIpc) is 2.89. The lowest BCUT2D eigenvalue weighted by atomic mass is 10.1. The molecule has 0 amide bonds. The number of fused-ring (bicyclic) bond motifs is 1. The van der Waals surface area contributed by atoms with Crippen LogP contribution in [0.15, 0.2) is 24.4 Å². The third-order valence-electron chi connectivity index (χ3n) is 3.57. The van der Waals surface area contributed by atoms with Gasteiger partial charge in [0.05, 0.1) is 0 Å². The van der Waals surface area contributed by atoms with E-state index >= 15 is 0 Å². The van der Waals surface area contributed by atoms with Crippen LogP contribution in [0.5, 0.6) is 5.75 Å². The van der Waals surface area contributed by atoms with Crippen LogP contribution < -0.4 is 4.74 Å². The van der Waals surface area contributed by atoms with Gasteiger partial charge in [-0.2, -0.15) is 0 Å². The van der Waals surface area contributed by atoms with Crippen molar-refractivity contribution in [2.75, 3.05) is 20.6 Å². The molecular weight excluding hydrogens is 296 g/mol. The zero-order valence-corrected chi connectivity index (χ0v) is 13.5. The second-order valence-corrected chi connectivity index (χ2v) is 5.77. The van der Waals surface area contributed by atoms with Gasteiger partial charge in [0.1, 0.15) is 5.75 Å². The number of benzene rings is 1. The fourth-order valence-corrected chi connectivity index (χ4v) is 2.40. The first-order valence-corrected chi connectivity index (χ1v) is 7.63. The van der Waals surface area contributed by atoms with Crippen LogP contribution in [0, 0.1) is 0 Å². The number of aromatic nitrogens is 1. The molecule has 0 atom stereocenters. The summed E-state index contributed by atoms with van der Waals surface area (Å²) in [6, 6.07) is 5.54. The van der Waals surface area contributed by atoms with Crippen molar-refractivity contribution in [3.05, 3.63) is 30.0 Å². The number of carbonyl (C=O) groups excluding carboxylic acids is 1. The normalized spacial score (nSPS) is 11.1. The Morgan fingerprint density at radius 2 is 2.04 bits per heavy atom. The molecule has 0 aliphatic rings. The molecule has 2 N–H and O–H groups in total. The third-order valence-corrected chi connectivity index (χ3v) is 3.57. The molecule has 0 fully saturated rings. The molecule has 0 aliphatic carbocycles. The van der Waals surface area contributed by atoms with Crippen LogP contribution in [0.25, 0.3) is 10.9 Å². The minimum atomic E-state index is -0.906. The van der Waals surface area contributed by atoms with E-state index < -0.39 is 11.9 Å². The first-order valence-electron chi connectivity index (χ1n) is 7.63. The predicted octanol–water partition coefficient (Wildman–Crippen LogP) is 2.43. The van der Waals surface area contributed by atoms with Crippen LogP contribution in [0.3, 0.4) is 0 Å². The summed E-state index contributed by atoms with van der Waals surface area (Å²) in [7, 11) is 4.02. The second kappa shape index (κ2) is 7.78. The Hall–Kier alpha value is -2.34. The van der Waals surface area contributed by atoms with Gasteiger partial charge in [0.2, 0.25) is 0 Å². The van der Waals surface area contributed by atoms with Gasteiger partial charge in [0, 0.05) is 36.5 Å². The number of H-pyrrole nitrogens is 1. The number of carboxylic acid groups (broad SMARTS) is 1. The number of aromatic amines is 1.